The van der Waals surface area contributed by atoms with E-state index in [1.54, 1.807) is 13.8 Å². The van der Waals surface area contributed by atoms with Gasteiger partial charge in [0.2, 0.25) is 0 Å². The van der Waals surface area contributed by atoms with Gasteiger partial charge in [0.05, 0.1) is 9.85 Å². The van der Waals surface area contributed by atoms with Crippen LogP contribution in [0.15, 0.2) is 6.07 Å². The molecule has 188 valence electrons. The number of hydrogen-bond acceptors (Lipinski definition) is 7. The van der Waals surface area contributed by atoms with Crippen LogP contribution in [0.3, 0.4) is 0 Å². The highest BCUT2D eigenvalue weighted by atomic mass is 32.2. The van der Waals surface area contributed by atoms with Gasteiger partial charge in [-0.3, -0.25) is 25.0 Å². The van der Waals surface area contributed by atoms with Crippen LogP contribution in [0.2, 0.25) is 0 Å². The molecule has 0 spiro atoms. The molecule has 0 atom stereocenters. The van der Waals surface area contributed by atoms with Crippen LogP contribution in [-0.2, 0) is 0 Å². The summed E-state index contributed by atoms with van der Waals surface area (Å²) in [4.78, 5) is 34.8. The number of anilines is 1. The summed E-state index contributed by atoms with van der Waals surface area (Å²) in [5.74, 6) is 0.946. The standard InChI is InChI=1S/C13H19N3O4.C10H21NOS/c1-5-10(6-2)14-12-11(15(17)18)7-8(3)9(4)13(12)16(19)20;1-4-7-8-11(6-3)10(12)13-9-5-2/h7,10,14H,5-6H2,1-4H3;4-9H2,1-3H3. The van der Waals surface area contributed by atoms with Crippen molar-refractivity contribution in [2.45, 2.75) is 86.6 Å². The molecule has 10 heteroatoms. The number of carbonyl (C=O) groups excluding carboxylic acids is 1. The van der Waals surface area contributed by atoms with Crippen molar-refractivity contribution in [1.82, 2.24) is 4.90 Å². The van der Waals surface area contributed by atoms with Gasteiger partial charge in [-0.2, -0.15) is 0 Å². The molecule has 9 nitrogen and oxygen atoms in total. The number of rotatable bonds is 12. The SMILES string of the molecule is CCC(CC)Nc1c([N+](=O)[O-])cc(C)c(C)c1[N+](=O)[O-].CCCCN(CC)C(=O)SCCC. The zero-order chi connectivity index (χ0) is 25.6. The lowest BCUT2D eigenvalue weighted by atomic mass is 10.0. The lowest BCUT2D eigenvalue weighted by Crippen LogP contribution is -2.28. The van der Waals surface area contributed by atoms with Gasteiger partial charge in [-0.15, -0.1) is 0 Å². The van der Waals surface area contributed by atoms with E-state index in [1.807, 2.05) is 25.7 Å². The maximum Gasteiger partial charge on any atom is 0.302 e. The van der Waals surface area contributed by atoms with Crippen LogP contribution in [0.25, 0.3) is 0 Å². The fourth-order valence-electron chi connectivity index (χ4n) is 3.10. The molecule has 1 aromatic rings. The van der Waals surface area contributed by atoms with Crippen molar-refractivity contribution in [2.75, 3.05) is 24.2 Å². The molecule has 1 N–H and O–H groups in total. The Morgan fingerprint density at radius 2 is 1.67 bits per heavy atom. The van der Waals surface area contributed by atoms with E-state index in [9.17, 15) is 25.0 Å². The molecule has 0 aliphatic heterocycles. The molecular formula is C23H40N4O5S. The van der Waals surface area contributed by atoms with Crippen molar-refractivity contribution in [2.24, 2.45) is 0 Å². The van der Waals surface area contributed by atoms with Gasteiger partial charge in [-0.25, -0.2) is 0 Å². The van der Waals surface area contributed by atoms with Crippen molar-refractivity contribution in [3.8, 4) is 0 Å². The summed E-state index contributed by atoms with van der Waals surface area (Å²) in [6.07, 6.45) is 4.81. The molecule has 0 aromatic heterocycles. The first kappa shape index (κ1) is 30.6. The van der Waals surface area contributed by atoms with Gasteiger partial charge in [0.25, 0.3) is 10.9 Å². The van der Waals surface area contributed by atoms with Crippen LogP contribution in [0.5, 0.6) is 0 Å². The third-order valence-electron chi connectivity index (χ3n) is 5.36. The van der Waals surface area contributed by atoms with Crippen LogP contribution in [0, 0.1) is 34.1 Å². The second kappa shape index (κ2) is 16.3. The van der Waals surface area contributed by atoms with E-state index in [-0.39, 0.29) is 28.3 Å². The molecule has 1 amide bonds. The summed E-state index contributed by atoms with van der Waals surface area (Å²) in [5, 5.41) is 25.6. The largest absolute Gasteiger partial charge is 0.371 e. The predicted octanol–water partition coefficient (Wildman–Crippen LogP) is 7.09. The Balaban J connectivity index is 0.000000684. The van der Waals surface area contributed by atoms with E-state index in [0.29, 0.717) is 11.1 Å². The number of amides is 1. The van der Waals surface area contributed by atoms with Gasteiger partial charge in [0, 0.05) is 36.5 Å². The van der Waals surface area contributed by atoms with E-state index >= 15 is 0 Å². The molecule has 0 bridgehead atoms. The molecule has 0 fully saturated rings. The van der Waals surface area contributed by atoms with Gasteiger partial charge < -0.3 is 10.2 Å². The average molecular weight is 485 g/mol. The van der Waals surface area contributed by atoms with E-state index in [4.69, 9.17) is 0 Å². The Morgan fingerprint density at radius 3 is 2.09 bits per heavy atom. The Labute approximate surface area is 202 Å². The maximum atomic E-state index is 11.5. The number of nitrogens with one attached hydrogen (secondary N) is 1. The number of nitro benzene ring substituents is 2. The van der Waals surface area contributed by atoms with E-state index in [1.165, 1.54) is 17.8 Å². The van der Waals surface area contributed by atoms with Crippen LogP contribution in [0.4, 0.5) is 21.9 Å². The van der Waals surface area contributed by atoms with Gasteiger partial charge in [-0.05, 0) is 52.0 Å². The summed E-state index contributed by atoms with van der Waals surface area (Å²) >= 11 is 1.45. The second-order valence-corrected chi connectivity index (χ2v) is 8.83. The van der Waals surface area contributed by atoms with Gasteiger partial charge in [0.15, 0.2) is 5.69 Å². The van der Waals surface area contributed by atoms with Crippen LogP contribution < -0.4 is 5.32 Å². The number of benzene rings is 1. The Bertz CT molecular complexity index is 785. The Morgan fingerprint density at radius 1 is 1.06 bits per heavy atom. The third kappa shape index (κ3) is 9.98. The van der Waals surface area contributed by atoms with Crippen molar-refractivity contribution >= 4 is 34.1 Å². The van der Waals surface area contributed by atoms with E-state index in [2.05, 4.69) is 19.2 Å². The predicted molar refractivity (Wildman–Crippen MR) is 138 cm³/mol. The van der Waals surface area contributed by atoms with Crippen LogP contribution in [-0.4, -0.2) is 44.9 Å². The van der Waals surface area contributed by atoms with E-state index in [0.717, 1.165) is 50.9 Å². The lowest BCUT2D eigenvalue weighted by molar-refractivity contribution is -0.392. The topological polar surface area (TPSA) is 119 Å². The smallest absolute Gasteiger partial charge is 0.302 e. The first-order valence-corrected chi connectivity index (χ1v) is 12.7. The average Bonchev–Trinajstić information content (AvgIpc) is 2.78. The summed E-state index contributed by atoms with van der Waals surface area (Å²) < 4.78 is 0. The van der Waals surface area contributed by atoms with Crippen molar-refractivity contribution in [3.63, 3.8) is 0 Å². The molecule has 0 saturated heterocycles. The van der Waals surface area contributed by atoms with Crippen LogP contribution in [0.1, 0.15) is 77.8 Å². The molecule has 0 heterocycles. The van der Waals surface area contributed by atoms with E-state index < -0.39 is 9.85 Å². The fourth-order valence-corrected chi connectivity index (χ4v) is 3.88. The zero-order valence-electron chi connectivity index (χ0n) is 21.1. The van der Waals surface area contributed by atoms with Gasteiger partial charge in [-0.1, -0.05) is 45.9 Å². The minimum absolute atomic E-state index is 0.0109. The highest BCUT2D eigenvalue weighted by Crippen LogP contribution is 2.39. The van der Waals surface area contributed by atoms with Crippen molar-refractivity contribution in [3.05, 3.63) is 37.4 Å². The number of aryl methyl sites for hydroxylation is 1. The number of carbonyl (C=O) groups is 1. The van der Waals surface area contributed by atoms with Gasteiger partial charge in [0.1, 0.15) is 0 Å². The van der Waals surface area contributed by atoms with Crippen LogP contribution >= 0.6 is 11.8 Å². The first-order chi connectivity index (χ1) is 15.6. The molecule has 33 heavy (non-hydrogen) atoms. The monoisotopic (exact) mass is 484 g/mol. The Kier molecular flexibility index (Phi) is 15.1. The number of hydrogen-bond donors (Lipinski definition) is 1. The molecular weight excluding hydrogens is 444 g/mol. The molecule has 1 rings (SSSR count). The molecule has 1 aromatic carbocycles. The summed E-state index contributed by atoms with van der Waals surface area (Å²) in [6, 6.07) is 1.35. The molecule has 0 radical (unpaired) electrons. The summed E-state index contributed by atoms with van der Waals surface area (Å²) in [5.41, 5.74) is 0.555. The molecule has 0 saturated carbocycles. The first-order valence-electron chi connectivity index (χ1n) is 11.7. The van der Waals surface area contributed by atoms with Crippen molar-refractivity contribution in [1.29, 1.82) is 0 Å². The quantitative estimate of drug-likeness (QED) is 0.248. The summed E-state index contributed by atoms with van der Waals surface area (Å²) in [7, 11) is 0. The second-order valence-electron chi connectivity index (χ2n) is 7.78. The maximum absolute atomic E-state index is 11.5. The molecule has 0 aliphatic carbocycles. The minimum Gasteiger partial charge on any atom is -0.371 e. The normalized spacial score (nSPS) is 10.4. The van der Waals surface area contributed by atoms with Gasteiger partial charge >= 0.3 is 5.69 Å². The van der Waals surface area contributed by atoms with Crippen molar-refractivity contribution < 1.29 is 14.6 Å². The zero-order valence-corrected chi connectivity index (χ0v) is 21.9. The lowest BCUT2D eigenvalue weighted by Gasteiger charge is -2.19. The number of unbranched alkanes of at least 4 members (excludes halogenated alkanes) is 1. The Hall–Kier alpha value is -2.36. The summed E-state index contributed by atoms with van der Waals surface area (Å²) in [6.45, 7) is 15.2. The number of thioether (sulfide) groups is 1. The fraction of sp³-hybridized carbons (Fsp3) is 0.696. The minimum atomic E-state index is -0.579. The number of nitrogens with zero attached hydrogens (tertiary/aromatic N) is 3. The number of nitro groups is 2. The molecule has 0 aliphatic rings. The highest BCUT2D eigenvalue weighted by molar-refractivity contribution is 8.13. The third-order valence-corrected chi connectivity index (χ3v) is 6.47. The molecule has 0 unspecified atom stereocenters. The highest BCUT2D eigenvalue weighted by Gasteiger charge is 2.30.